The fourth-order valence-corrected chi connectivity index (χ4v) is 2.77. The van der Waals surface area contributed by atoms with Crippen molar-refractivity contribution in [2.45, 2.75) is 32.4 Å². The Labute approximate surface area is 127 Å². The molecule has 0 aliphatic carbocycles. The quantitative estimate of drug-likeness (QED) is 0.826. The Hall–Kier alpha value is -1.59. The van der Waals surface area contributed by atoms with Gasteiger partial charge in [-0.25, -0.2) is 0 Å². The lowest BCUT2D eigenvalue weighted by molar-refractivity contribution is -0.120. The molecular weight excluding hydrogens is 264 g/mol. The molecule has 1 saturated heterocycles. The minimum atomic E-state index is -0.119. The highest BCUT2D eigenvalue weighted by Gasteiger charge is 2.30. The van der Waals surface area contributed by atoms with E-state index in [9.17, 15) is 4.79 Å². The number of anilines is 2. The van der Waals surface area contributed by atoms with Gasteiger partial charge in [-0.1, -0.05) is 0 Å². The fourth-order valence-electron chi connectivity index (χ4n) is 2.77. The van der Waals surface area contributed by atoms with Crippen LogP contribution in [0, 0.1) is 6.92 Å². The standard InChI is InChI=1S/C16H26N4O/c1-11-9-13(17)5-6-15(11)18-16(21)12(2)20-8-7-14(10-20)19(3)4/h5-6,9,12,14H,7-8,10,17H2,1-4H3,(H,18,21). The molecule has 1 aromatic rings. The maximum absolute atomic E-state index is 12.4. The number of likely N-dealkylation sites (tertiary alicyclic amines) is 1. The first-order valence-electron chi connectivity index (χ1n) is 7.46. The van der Waals surface area contributed by atoms with Crippen molar-refractivity contribution >= 4 is 17.3 Å². The van der Waals surface area contributed by atoms with E-state index in [2.05, 4.69) is 29.2 Å². The van der Waals surface area contributed by atoms with Gasteiger partial charge in [-0.2, -0.15) is 0 Å². The van der Waals surface area contributed by atoms with Crippen molar-refractivity contribution in [1.29, 1.82) is 0 Å². The van der Waals surface area contributed by atoms with Crippen molar-refractivity contribution in [3.05, 3.63) is 23.8 Å². The van der Waals surface area contributed by atoms with Crippen LogP contribution in [-0.2, 0) is 4.79 Å². The summed E-state index contributed by atoms with van der Waals surface area (Å²) in [5, 5.41) is 3.01. The summed E-state index contributed by atoms with van der Waals surface area (Å²) in [6, 6.07) is 5.97. The van der Waals surface area contributed by atoms with Gasteiger partial charge >= 0.3 is 0 Å². The van der Waals surface area contributed by atoms with Crippen LogP contribution < -0.4 is 11.1 Å². The van der Waals surface area contributed by atoms with E-state index in [1.54, 1.807) is 0 Å². The molecule has 1 aliphatic heterocycles. The lowest BCUT2D eigenvalue weighted by Gasteiger charge is -2.25. The molecule has 0 aromatic heterocycles. The second-order valence-corrected chi connectivity index (χ2v) is 6.14. The number of nitrogens with two attached hydrogens (primary N) is 1. The molecular formula is C16H26N4O. The summed E-state index contributed by atoms with van der Waals surface area (Å²) >= 11 is 0. The molecule has 5 nitrogen and oxygen atoms in total. The number of carbonyl (C=O) groups is 1. The van der Waals surface area contributed by atoms with Gasteiger partial charge in [0.2, 0.25) is 5.91 Å². The van der Waals surface area contributed by atoms with E-state index in [4.69, 9.17) is 5.73 Å². The zero-order valence-corrected chi connectivity index (χ0v) is 13.4. The van der Waals surface area contributed by atoms with Crippen molar-refractivity contribution in [2.75, 3.05) is 38.2 Å². The van der Waals surface area contributed by atoms with Crippen molar-refractivity contribution in [3.63, 3.8) is 0 Å². The van der Waals surface area contributed by atoms with Crippen LogP contribution in [-0.4, -0.2) is 55.0 Å². The zero-order valence-electron chi connectivity index (χ0n) is 13.4. The van der Waals surface area contributed by atoms with Gasteiger partial charge in [0.1, 0.15) is 0 Å². The number of rotatable bonds is 4. The molecule has 0 saturated carbocycles. The summed E-state index contributed by atoms with van der Waals surface area (Å²) in [5.41, 5.74) is 8.28. The van der Waals surface area contributed by atoms with E-state index in [-0.39, 0.29) is 11.9 Å². The molecule has 2 atom stereocenters. The Bertz CT molecular complexity index is 515. The van der Waals surface area contributed by atoms with Gasteiger partial charge in [-0.3, -0.25) is 9.69 Å². The van der Waals surface area contributed by atoms with Gasteiger partial charge in [0, 0.05) is 30.5 Å². The summed E-state index contributed by atoms with van der Waals surface area (Å²) in [7, 11) is 4.19. The third-order valence-corrected chi connectivity index (χ3v) is 4.36. The van der Waals surface area contributed by atoms with Crippen molar-refractivity contribution in [1.82, 2.24) is 9.80 Å². The van der Waals surface area contributed by atoms with E-state index in [0.29, 0.717) is 11.7 Å². The zero-order chi connectivity index (χ0) is 15.6. The molecule has 21 heavy (non-hydrogen) atoms. The van der Waals surface area contributed by atoms with Gasteiger partial charge in [-0.15, -0.1) is 0 Å². The lowest BCUT2D eigenvalue weighted by Crippen LogP contribution is -2.42. The molecule has 116 valence electrons. The number of carbonyl (C=O) groups excluding carboxylic acids is 1. The average molecular weight is 290 g/mol. The van der Waals surface area contributed by atoms with Crippen LogP contribution >= 0.6 is 0 Å². The minimum Gasteiger partial charge on any atom is -0.399 e. The first-order chi connectivity index (χ1) is 9.88. The Balaban J connectivity index is 1.97. The highest BCUT2D eigenvalue weighted by atomic mass is 16.2. The largest absolute Gasteiger partial charge is 0.399 e. The molecule has 0 radical (unpaired) electrons. The molecule has 1 aliphatic rings. The maximum Gasteiger partial charge on any atom is 0.241 e. The molecule has 5 heteroatoms. The number of likely N-dealkylation sites (N-methyl/N-ethyl adjacent to an activating group) is 1. The van der Waals surface area contributed by atoms with Crippen LogP contribution in [0.3, 0.4) is 0 Å². The highest BCUT2D eigenvalue weighted by molar-refractivity contribution is 5.95. The summed E-state index contributed by atoms with van der Waals surface area (Å²) in [6.45, 7) is 5.84. The summed E-state index contributed by atoms with van der Waals surface area (Å²) in [4.78, 5) is 16.9. The van der Waals surface area contributed by atoms with Crippen LogP contribution in [0.15, 0.2) is 18.2 Å². The second kappa shape index (κ2) is 6.45. The number of amides is 1. The first kappa shape index (κ1) is 15.8. The summed E-state index contributed by atoms with van der Waals surface area (Å²) < 4.78 is 0. The Morgan fingerprint density at radius 3 is 2.76 bits per heavy atom. The molecule has 0 bridgehead atoms. The molecule has 2 rings (SSSR count). The van der Waals surface area contributed by atoms with E-state index < -0.39 is 0 Å². The minimum absolute atomic E-state index is 0.0438. The van der Waals surface area contributed by atoms with Gasteiger partial charge in [-0.05, 0) is 58.1 Å². The van der Waals surface area contributed by atoms with E-state index >= 15 is 0 Å². The average Bonchev–Trinajstić information content (AvgIpc) is 2.90. The van der Waals surface area contributed by atoms with Crippen LogP contribution in [0.25, 0.3) is 0 Å². The third kappa shape index (κ3) is 3.74. The third-order valence-electron chi connectivity index (χ3n) is 4.36. The number of nitrogens with zero attached hydrogens (tertiary/aromatic N) is 2. The summed E-state index contributed by atoms with van der Waals surface area (Å²) in [6.07, 6.45) is 1.12. The molecule has 2 unspecified atom stereocenters. The summed E-state index contributed by atoms with van der Waals surface area (Å²) in [5.74, 6) is 0.0438. The number of nitrogen functional groups attached to an aromatic ring is 1. The fraction of sp³-hybridized carbons (Fsp3) is 0.562. The second-order valence-electron chi connectivity index (χ2n) is 6.14. The molecule has 1 fully saturated rings. The number of hydrogen-bond donors (Lipinski definition) is 2. The Kier molecular flexibility index (Phi) is 4.85. The maximum atomic E-state index is 12.4. The number of nitrogens with one attached hydrogen (secondary N) is 1. The van der Waals surface area contributed by atoms with Crippen LogP contribution in [0.4, 0.5) is 11.4 Å². The van der Waals surface area contributed by atoms with Crippen molar-refractivity contribution in [2.24, 2.45) is 0 Å². The van der Waals surface area contributed by atoms with Gasteiger partial charge in [0.25, 0.3) is 0 Å². The number of benzene rings is 1. The van der Waals surface area contributed by atoms with Gasteiger partial charge in [0.15, 0.2) is 0 Å². The van der Waals surface area contributed by atoms with E-state index in [1.165, 1.54) is 0 Å². The topological polar surface area (TPSA) is 61.6 Å². The molecule has 1 aromatic carbocycles. The van der Waals surface area contributed by atoms with Gasteiger partial charge in [0.05, 0.1) is 6.04 Å². The SMILES string of the molecule is Cc1cc(N)ccc1NC(=O)C(C)N1CCC(N(C)C)C1. The first-order valence-corrected chi connectivity index (χ1v) is 7.46. The van der Waals surface area contributed by atoms with E-state index in [1.807, 2.05) is 32.0 Å². The number of aryl methyl sites for hydroxylation is 1. The van der Waals surface area contributed by atoms with Crippen LogP contribution in [0.2, 0.25) is 0 Å². The smallest absolute Gasteiger partial charge is 0.241 e. The molecule has 3 N–H and O–H groups in total. The van der Waals surface area contributed by atoms with Crippen LogP contribution in [0.1, 0.15) is 18.9 Å². The Morgan fingerprint density at radius 2 is 2.19 bits per heavy atom. The normalized spacial score (nSPS) is 20.7. The lowest BCUT2D eigenvalue weighted by atomic mass is 10.1. The predicted molar refractivity (Wildman–Crippen MR) is 87.3 cm³/mol. The van der Waals surface area contributed by atoms with Gasteiger partial charge < -0.3 is 16.0 Å². The van der Waals surface area contributed by atoms with Crippen molar-refractivity contribution in [3.8, 4) is 0 Å². The van der Waals surface area contributed by atoms with E-state index in [0.717, 1.165) is 30.8 Å². The predicted octanol–water partition coefficient (Wildman–Crippen LogP) is 1.54. The molecule has 0 spiro atoms. The monoisotopic (exact) mass is 290 g/mol. The molecule has 1 heterocycles. The Morgan fingerprint density at radius 1 is 1.48 bits per heavy atom. The molecule has 1 amide bonds. The highest BCUT2D eigenvalue weighted by Crippen LogP contribution is 2.20. The van der Waals surface area contributed by atoms with Crippen molar-refractivity contribution < 1.29 is 4.79 Å². The number of hydrogen-bond acceptors (Lipinski definition) is 4. The van der Waals surface area contributed by atoms with Crippen LogP contribution in [0.5, 0.6) is 0 Å².